The van der Waals surface area contributed by atoms with Crippen molar-refractivity contribution in [3.63, 3.8) is 0 Å². The van der Waals surface area contributed by atoms with Gasteiger partial charge in [0.2, 0.25) is 5.91 Å². The Morgan fingerprint density at radius 3 is 2.48 bits per heavy atom. The van der Waals surface area contributed by atoms with E-state index in [2.05, 4.69) is 5.32 Å². The maximum Gasteiger partial charge on any atom is 0.261 e. The number of ether oxygens (including phenoxy) is 2. The van der Waals surface area contributed by atoms with E-state index in [0.29, 0.717) is 11.5 Å². The number of hydrogen-bond acceptors (Lipinski definition) is 4. The van der Waals surface area contributed by atoms with Gasteiger partial charge in [0.05, 0.1) is 7.11 Å². The first-order chi connectivity index (χ1) is 15.9. The maximum atomic E-state index is 13.3. The SMILES string of the molecule is CC[C@@H](C)NC(=O)[C@@H](C)N(Cc1cccc(OC)c1)C(=O)COc1cccc2ccccc12. The van der Waals surface area contributed by atoms with Gasteiger partial charge in [0.15, 0.2) is 6.61 Å². The molecule has 33 heavy (non-hydrogen) atoms. The minimum Gasteiger partial charge on any atom is -0.497 e. The second-order valence-corrected chi connectivity index (χ2v) is 8.13. The first-order valence-electron chi connectivity index (χ1n) is 11.3. The summed E-state index contributed by atoms with van der Waals surface area (Å²) in [6, 6.07) is 20.5. The Morgan fingerprint density at radius 2 is 1.73 bits per heavy atom. The Labute approximate surface area is 195 Å². The van der Waals surface area contributed by atoms with E-state index in [4.69, 9.17) is 9.47 Å². The van der Waals surface area contributed by atoms with Crippen LogP contribution in [0.5, 0.6) is 11.5 Å². The molecule has 3 aromatic rings. The Kier molecular flexibility index (Phi) is 8.30. The van der Waals surface area contributed by atoms with E-state index >= 15 is 0 Å². The zero-order valence-corrected chi connectivity index (χ0v) is 19.7. The number of carbonyl (C=O) groups excluding carboxylic acids is 2. The van der Waals surface area contributed by atoms with E-state index in [1.165, 1.54) is 0 Å². The summed E-state index contributed by atoms with van der Waals surface area (Å²) in [5, 5.41) is 4.95. The van der Waals surface area contributed by atoms with Crippen LogP contribution >= 0.6 is 0 Å². The summed E-state index contributed by atoms with van der Waals surface area (Å²) in [7, 11) is 1.60. The largest absolute Gasteiger partial charge is 0.497 e. The van der Waals surface area contributed by atoms with Crippen LogP contribution in [-0.4, -0.2) is 42.5 Å². The minimum atomic E-state index is -0.659. The lowest BCUT2D eigenvalue weighted by Gasteiger charge is -2.29. The zero-order valence-electron chi connectivity index (χ0n) is 19.7. The summed E-state index contributed by atoms with van der Waals surface area (Å²) >= 11 is 0. The predicted octanol–water partition coefficient (Wildman–Crippen LogP) is 4.56. The van der Waals surface area contributed by atoms with Gasteiger partial charge < -0.3 is 19.7 Å². The third kappa shape index (κ3) is 6.25. The van der Waals surface area contributed by atoms with Crippen LogP contribution in [0.3, 0.4) is 0 Å². The number of hydrogen-bond donors (Lipinski definition) is 1. The van der Waals surface area contributed by atoms with Crippen LogP contribution in [0.15, 0.2) is 66.7 Å². The number of rotatable bonds is 10. The Morgan fingerprint density at radius 1 is 1.00 bits per heavy atom. The molecule has 0 saturated carbocycles. The molecule has 0 radical (unpaired) electrons. The molecule has 0 fully saturated rings. The molecule has 0 unspecified atom stereocenters. The summed E-state index contributed by atoms with van der Waals surface area (Å²) in [6.07, 6.45) is 0.812. The molecule has 2 atom stereocenters. The molecule has 0 aliphatic heterocycles. The molecule has 174 valence electrons. The van der Waals surface area contributed by atoms with Gasteiger partial charge in [0.25, 0.3) is 5.91 Å². The highest BCUT2D eigenvalue weighted by Crippen LogP contribution is 2.25. The molecule has 2 amide bonds. The quantitative estimate of drug-likeness (QED) is 0.494. The lowest BCUT2D eigenvalue weighted by molar-refractivity contribution is -0.142. The van der Waals surface area contributed by atoms with E-state index < -0.39 is 6.04 Å². The van der Waals surface area contributed by atoms with Crippen molar-refractivity contribution in [3.8, 4) is 11.5 Å². The molecule has 3 rings (SSSR count). The van der Waals surface area contributed by atoms with Crippen LogP contribution in [0, 0.1) is 0 Å². The second kappa shape index (κ2) is 11.4. The Hall–Kier alpha value is -3.54. The Bertz CT molecular complexity index is 1090. The van der Waals surface area contributed by atoms with E-state index in [-0.39, 0.29) is 31.0 Å². The maximum absolute atomic E-state index is 13.3. The standard InChI is InChI=1S/C27H32N2O4/c1-5-19(2)28-27(31)20(3)29(17-21-10-8-13-23(16-21)32-4)26(30)18-33-25-15-9-12-22-11-6-7-14-24(22)25/h6-16,19-20H,5,17-18H2,1-4H3,(H,28,31)/t19-,20-/m1/s1. The van der Waals surface area contributed by atoms with Crippen molar-refractivity contribution < 1.29 is 19.1 Å². The van der Waals surface area contributed by atoms with Crippen LogP contribution in [0.25, 0.3) is 10.8 Å². The number of nitrogens with one attached hydrogen (secondary N) is 1. The number of benzene rings is 3. The fourth-order valence-corrected chi connectivity index (χ4v) is 3.56. The smallest absolute Gasteiger partial charge is 0.261 e. The van der Waals surface area contributed by atoms with Crippen molar-refractivity contribution in [3.05, 3.63) is 72.3 Å². The van der Waals surface area contributed by atoms with Crippen LogP contribution in [0.1, 0.15) is 32.8 Å². The number of amides is 2. The van der Waals surface area contributed by atoms with Crippen molar-refractivity contribution >= 4 is 22.6 Å². The summed E-state index contributed by atoms with van der Waals surface area (Å²) in [4.78, 5) is 27.7. The van der Waals surface area contributed by atoms with Gasteiger partial charge in [-0.2, -0.15) is 0 Å². The number of nitrogens with zero attached hydrogens (tertiary/aromatic N) is 1. The fourth-order valence-electron chi connectivity index (χ4n) is 3.56. The van der Waals surface area contributed by atoms with Gasteiger partial charge in [-0.25, -0.2) is 0 Å². The molecule has 1 N–H and O–H groups in total. The monoisotopic (exact) mass is 448 g/mol. The third-order valence-corrected chi connectivity index (χ3v) is 5.76. The molecular formula is C27H32N2O4. The topological polar surface area (TPSA) is 67.9 Å². The molecule has 3 aromatic carbocycles. The van der Waals surface area contributed by atoms with E-state index in [1.807, 2.05) is 80.6 Å². The van der Waals surface area contributed by atoms with Crippen molar-refractivity contribution in [1.82, 2.24) is 10.2 Å². The van der Waals surface area contributed by atoms with E-state index in [9.17, 15) is 9.59 Å². The summed E-state index contributed by atoms with van der Waals surface area (Å²) < 4.78 is 11.2. The lowest BCUT2D eigenvalue weighted by atomic mass is 10.1. The Balaban J connectivity index is 1.80. The van der Waals surface area contributed by atoms with Crippen LogP contribution in [0.2, 0.25) is 0 Å². The van der Waals surface area contributed by atoms with Gasteiger partial charge in [-0.05, 0) is 49.4 Å². The minimum absolute atomic E-state index is 0.0284. The summed E-state index contributed by atoms with van der Waals surface area (Å²) in [6.45, 7) is 5.80. The first-order valence-corrected chi connectivity index (χ1v) is 11.3. The highest BCUT2D eigenvalue weighted by molar-refractivity contribution is 5.90. The van der Waals surface area contributed by atoms with Gasteiger partial charge in [-0.1, -0.05) is 55.5 Å². The van der Waals surface area contributed by atoms with Gasteiger partial charge in [0, 0.05) is 18.0 Å². The first kappa shape index (κ1) is 24.1. The van der Waals surface area contributed by atoms with Crippen molar-refractivity contribution in [1.29, 1.82) is 0 Å². The van der Waals surface area contributed by atoms with Gasteiger partial charge in [-0.3, -0.25) is 9.59 Å². The molecule has 0 aromatic heterocycles. The molecular weight excluding hydrogens is 416 g/mol. The highest BCUT2D eigenvalue weighted by Gasteiger charge is 2.27. The van der Waals surface area contributed by atoms with Crippen molar-refractivity contribution in [2.24, 2.45) is 0 Å². The summed E-state index contributed by atoms with van der Waals surface area (Å²) in [5.74, 6) is 0.881. The fraction of sp³-hybridized carbons (Fsp3) is 0.333. The highest BCUT2D eigenvalue weighted by atomic mass is 16.5. The molecule has 0 aliphatic carbocycles. The molecule has 0 bridgehead atoms. The predicted molar refractivity (Wildman–Crippen MR) is 130 cm³/mol. The molecule has 0 aliphatic rings. The van der Waals surface area contributed by atoms with Gasteiger partial charge >= 0.3 is 0 Å². The normalized spacial score (nSPS) is 12.6. The van der Waals surface area contributed by atoms with E-state index in [0.717, 1.165) is 22.8 Å². The zero-order chi connectivity index (χ0) is 23.8. The second-order valence-electron chi connectivity index (χ2n) is 8.13. The average molecular weight is 449 g/mol. The average Bonchev–Trinajstić information content (AvgIpc) is 2.85. The van der Waals surface area contributed by atoms with Crippen LogP contribution < -0.4 is 14.8 Å². The molecule has 6 nitrogen and oxygen atoms in total. The van der Waals surface area contributed by atoms with Crippen LogP contribution in [-0.2, 0) is 16.1 Å². The van der Waals surface area contributed by atoms with Crippen molar-refractivity contribution in [2.45, 2.75) is 45.8 Å². The lowest BCUT2D eigenvalue weighted by Crippen LogP contribution is -2.50. The number of methoxy groups -OCH3 is 1. The molecule has 0 saturated heterocycles. The van der Waals surface area contributed by atoms with Gasteiger partial charge in [-0.15, -0.1) is 0 Å². The summed E-state index contributed by atoms with van der Waals surface area (Å²) in [5.41, 5.74) is 0.871. The molecule has 0 heterocycles. The third-order valence-electron chi connectivity index (χ3n) is 5.76. The van der Waals surface area contributed by atoms with Crippen LogP contribution in [0.4, 0.5) is 0 Å². The number of carbonyl (C=O) groups is 2. The van der Waals surface area contributed by atoms with Crippen molar-refractivity contribution in [2.75, 3.05) is 13.7 Å². The van der Waals surface area contributed by atoms with Gasteiger partial charge in [0.1, 0.15) is 17.5 Å². The molecule has 6 heteroatoms. The molecule has 0 spiro atoms. The number of fused-ring (bicyclic) bond motifs is 1. The van der Waals surface area contributed by atoms with E-state index in [1.54, 1.807) is 18.9 Å².